The van der Waals surface area contributed by atoms with E-state index in [0.29, 0.717) is 17.1 Å². The Labute approximate surface area is 155 Å². The third-order valence-electron chi connectivity index (χ3n) is 6.20. The van der Waals surface area contributed by atoms with E-state index in [2.05, 4.69) is 10.4 Å². The lowest BCUT2D eigenvalue weighted by atomic mass is 9.93. The van der Waals surface area contributed by atoms with Gasteiger partial charge in [-0.05, 0) is 49.8 Å². The predicted octanol–water partition coefficient (Wildman–Crippen LogP) is 2.63. The van der Waals surface area contributed by atoms with Gasteiger partial charge in [0, 0.05) is 42.7 Å². The number of aromatic nitrogens is 1. The van der Waals surface area contributed by atoms with Crippen molar-refractivity contribution < 1.29 is 14.3 Å². The van der Waals surface area contributed by atoms with E-state index in [9.17, 15) is 19.1 Å². The maximum atomic E-state index is 15.0. The maximum absolute atomic E-state index is 15.0. The van der Waals surface area contributed by atoms with Crippen LogP contribution in [0.3, 0.4) is 0 Å². The van der Waals surface area contributed by atoms with E-state index < -0.39 is 17.2 Å². The molecule has 5 rings (SSSR count). The fraction of sp³-hybridized carbons (Fsp3) is 0.500. The number of nitrogens with one attached hydrogen (secondary N) is 1. The second-order valence-electron chi connectivity index (χ2n) is 8.00. The molecule has 1 saturated carbocycles. The average Bonchev–Trinajstić information content (AvgIpc) is 3.39. The highest BCUT2D eigenvalue weighted by Crippen LogP contribution is 2.40. The average molecular weight is 371 g/mol. The van der Waals surface area contributed by atoms with E-state index in [-0.39, 0.29) is 22.9 Å². The van der Waals surface area contributed by atoms with E-state index in [1.807, 2.05) is 4.57 Å². The Morgan fingerprint density at radius 3 is 2.74 bits per heavy atom. The summed E-state index contributed by atoms with van der Waals surface area (Å²) in [6.07, 6.45) is 6.49. The Hall–Kier alpha value is -2.25. The number of benzene rings is 1. The molecule has 2 aromatic rings. The van der Waals surface area contributed by atoms with Crippen molar-refractivity contribution in [1.82, 2.24) is 15.0 Å². The summed E-state index contributed by atoms with van der Waals surface area (Å²) >= 11 is 0. The van der Waals surface area contributed by atoms with Crippen molar-refractivity contribution in [1.29, 1.82) is 0 Å². The summed E-state index contributed by atoms with van der Waals surface area (Å²) in [4.78, 5) is 24.0. The van der Waals surface area contributed by atoms with Crippen LogP contribution in [-0.4, -0.2) is 39.8 Å². The number of carboxylic acids is 1. The molecule has 3 aliphatic rings. The van der Waals surface area contributed by atoms with Gasteiger partial charge in [0.15, 0.2) is 0 Å². The van der Waals surface area contributed by atoms with E-state index in [0.717, 1.165) is 45.2 Å². The summed E-state index contributed by atoms with van der Waals surface area (Å²) in [5.41, 5.74) is 3.79. The van der Waals surface area contributed by atoms with E-state index in [1.165, 1.54) is 12.3 Å². The molecule has 0 bridgehead atoms. The second-order valence-corrected chi connectivity index (χ2v) is 8.00. The summed E-state index contributed by atoms with van der Waals surface area (Å²) < 4.78 is 16.8. The summed E-state index contributed by atoms with van der Waals surface area (Å²) in [6.45, 7) is 1.72. The van der Waals surface area contributed by atoms with Crippen LogP contribution in [0.1, 0.15) is 60.0 Å². The van der Waals surface area contributed by atoms with Crippen LogP contribution in [0.4, 0.5) is 4.39 Å². The Kier molecular flexibility index (Phi) is 3.84. The van der Waals surface area contributed by atoms with Gasteiger partial charge >= 0.3 is 5.97 Å². The van der Waals surface area contributed by atoms with Crippen LogP contribution in [0.25, 0.3) is 10.9 Å². The first-order valence-electron chi connectivity index (χ1n) is 9.64. The largest absolute Gasteiger partial charge is 0.477 e. The molecule has 1 aromatic heterocycles. The highest BCUT2D eigenvalue weighted by molar-refractivity contribution is 5.92. The lowest BCUT2D eigenvalue weighted by Crippen LogP contribution is -2.46. The standard InChI is InChI=1S/C20H22FN3O3/c21-17-7-15-18(23(12-3-4-12)10-16(19(15)25)20(26)27)8-14(17)11-6-13-2-1-5-22-24(13)9-11/h7-8,10-13,22H,1-6,9H2,(H,26,27)/t11-,13+/m1/s1. The minimum atomic E-state index is -1.26. The maximum Gasteiger partial charge on any atom is 0.341 e. The molecule has 1 aliphatic carbocycles. The highest BCUT2D eigenvalue weighted by atomic mass is 19.1. The molecule has 0 radical (unpaired) electrons. The third-order valence-corrected chi connectivity index (χ3v) is 6.20. The van der Waals surface area contributed by atoms with Gasteiger partial charge in [-0.25, -0.2) is 14.2 Å². The van der Waals surface area contributed by atoms with Gasteiger partial charge < -0.3 is 9.67 Å². The zero-order valence-corrected chi connectivity index (χ0v) is 14.9. The van der Waals surface area contributed by atoms with Crippen molar-refractivity contribution in [3.8, 4) is 0 Å². The van der Waals surface area contributed by atoms with Crippen molar-refractivity contribution in [2.45, 2.75) is 50.1 Å². The molecule has 0 spiro atoms. The van der Waals surface area contributed by atoms with E-state index in [1.54, 1.807) is 6.07 Å². The zero-order valence-electron chi connectivity index (χ0n) is 14.9. The van der Waals surface area contributed by atoms with Crippen LogP contribution in [0.15, 0.2) is 23.1 Å². The number of hydrogen-bond donors (Lipinski definition) is 2. The second kappa shape index (κ2) is 6.14. The van der Waals surface area contributed by atoms with Gasteiger partial charge in [-0.1, -0.05) is 0 Å². The number of aromatic carboxylic acids is 1. The molecule has 27 heavy (non-hydrogen) atoms. The SMILES string of the molecule is O=C(O)c1cn(C2CC2)c2cc([C@@H]3C[C@@H]4CCCNN4C3)c(F)cc2c1=O. The van der Waals surface area contributed by atoms with Gasteiger partial charge in [0.25, 0.3) is 0 Å². The molecule has 0 amide bonds. The molecule has 1 aromatic carbocycles. The molecule has 3 heterocycles. The molecular formula is C20H22FN3O3. The van der Waals surface area contributed by atoms with Crippen molar-refractivity contribution in [2.24, 2.45) is 0 Å². The van der Waals surface area contributed by atoms with E-state index >= 15 is 0 Å². The first-order chi connectivity index (χ1) is 13.0. The van der Waals surface area contributed by atoms with Crippen LogP contribution >= 0.6 is 0 Å². The predicted molar refractivity (Wildman–Crippen MR) is 98.5 cm³/mol. The molecule has 0 unspecified atom stereocenters. The number of rotatable bonds is 3. The van der Waals surface area contributed by atoms with Gasteiger partial charge in [0.1, 0.15) is 11.4 Å². The van der Waals surface area contributed by atoms with Crippen LogP contribution in [0, 0.1) is 5.82 Å². The Morgan fingerprint density at radius 1 is 1.22 bits per heavy atom. The monoisotopic (exact) mass is 371 g/mol. The van der Waals surface area contributed by atoms with Gasteiger partial charge in [-0.2, -0.15) is 0 Å². The highest BCUT2D eigenvalue weighted by Gasteiger charge is 2.36. The van der Waals surface area contributed by atoms with Gasteiger partial charge in [-0.3, -0.25) is 10.2 Å². The summed E-state index contributed by atoms with van der Waals surface area (Å²) in [5.74, 6) is -1.60. The lowest BCUT2D eigenvalue weighted by molar-refractivity contribution is 0.0695. The zero-order chi connectivity index (χ0) is 18.7. The van der Waals surface area contributed by atoms with Gasteiger partial charge in [-0.15, -0.1) is 0 Å². The first-order valence-corrected chi connectivity index (χ1v) is 9.64. The number of hydrazine groups is 1. The van der Waals surface area contributed by atoms with Crippen LogP contribution in [-0.2, 0) is 0 Å². The fourth-order valence-corrected chi connectivity index (χ4v) is 4.68. The minimum Gasteiger partial charge on any atom is -0.477 e. The molecule has 3 fully saturated rings. The van der Waals surface area contributed by atoms with Crippen LogP contribution in [0.5, 0.6) is 0 Å². The quantitative estimate of drug-likeness (QED) is 0.868. The molecule has 2 atom stereocenters. The first kappa shape index (κ1) is 16.9. The number of fused-ring (bicyclic) bond motifs is 2. The molecule has 2 N–H and O–H groups in total. The molecule has 2 aliphatic heterocycles. The normalized spacial score (nSPS) is 25.7. The number of carbonyl (C=O) groups is 1. The van der Waals surface area contributed by atoms with Crippen LogP contribution in [0.2, 0.25) is 0 Å². The minimum absolute atomic E-state index is 0.0758. The van der Waals surface area contributed by atoms with Gasteiger partial charge in [0.2, 0.25) is 5.43 Å². The lowest BCUT2D eigenvalue weighted by Gasteiger charge is -2.29. The fourth-order valence-electron chi connectivity index (χ4n) is 4.68. The Bertz CT molecular complexity index is 984. The third kappa shape index (κ3) is 2.76. The number of pyridine rings is 1. The van der Waals surface area contributed by atoms with Crippen molar-refractivity contribution in [2.75, 3.05) is 13.1 Å². The number of carboxylic acid groups (broad SMARTS) is 1. The molecule has 142 valence electrons. The Morgan fingerprint density at radius 2 is 2.04 bits per heavy atom. The summed E-state index contributed by atoms with van der Waals surface area (Å²) in [7, 11) is 0. The molecule has 7 heteroatoms. The molecular weight excluding hydrogens is 349 g/mol. The van der Waals surface area contributed by atoms with Crippen molar-refractivity contribution in [3.63, 3.8) is 0 Å². The number of nitrogens with zero attached hydrogens (tertiary/aromatic N) is 2. The number of halogens is 1. The van der Waals surface area contributed by atoms with Crippen LogP contribution < -0.4 is 10.9 Å². The van der Waals surface area contributed by atoms with Crippen molar-refractivity contribution in [3.05, 3.63) is 45.5 Å². The summed E-state index contributed by atoms with van der Waals surface area (Å²) in [6, 6.07) is 3.67. The molecule has 2 saturated heterocycles. The summed E-state index contributed by atoms with van der Waals surface area (Å²) in [5, 5.41) is 11.7. The number of hydrogen-bond acceptors (Lipinski definition) is 4. The van der Waals surface area contributed by atoms with Gasteiger partial charge in [0.05, 0.1) is 5.52 Å². The smallest absolute Gasteiger partial charge is 0.341 e. The Balaban J connectivity index is 1.64. The van der Waals surface area contributed by atoms with Crippen molar-refractivity contribution >= 4 is 16.9 Å². The molecule has 6 nitrogen and oxygen atoms in total. The van der Waals surface area contributed by atoms with E-state index in [4.69, 9.17) is 0 Å². The topological polar surface area (TPSA) is 74.6 Å².